The molecule has 0 spiro atoms. The number of piperidine rings is 1. The van der Waals surface area contributed by atoms with Crippen molar-refractivity contribution in [2.75, 3.05) is 11.9 Å². The molecular weight excluding hydrogens is 386 g/mol. The Morgan fingerprint density at radius 1 is 1.31 bits per heavy atom. The van der Waals surface area contributed by atoms with Crippen LogP contribution in [0.4, 0.5) is 5.00 Å². The number of carbonyl (C=O) groups is 2. The van der Waals surface area contributed by atoms with E-state index >= 15 is 0 Å². The zero-order chi connectivity index (χ0) is 20.5. The molecule has 2 aromatic heterocycles. The van der Waals surface area contributed by atoms with Crippen LogP contribution in [0.25, 0.3) is 0 Å². The van der Waals surface area contributed by atoms with Crippen LogP contribution in [0.3, 0.4) is 0 Å². The molecular formula is C22H27N3O3S. The first-order chi connectivity index (χ1) is 13.9. The summed E-state index contributed by atoms with van der Waals surface area (Å²) >= 11 is 1.42. The Morgan fingerprint density at radius 3 is 2.86 bits per heavy atom. The van der Waals surface area contributed by atoms with Gasteiger partial charge in [-0.15, -0.1) is 11.3 Å². The van der Waals surface area contributed by atoms with Crippen molar-refractivity contribution in [3.05, 3.63) is 46.1 Å². The van der Waals surface area contributed by atoms with Gasteiger partial charge < -0.3 is 15.3 Å². The Kier molecular flexibility index (Phi) is 5.69. The van der Waals surface area contributed by atoms with Gasteiger partial charge in [0.2, 0.25) is 0 Å². The Labute approximate surface area is 175 Å². The molecule has 0 bridgehead atoms. The first-order valence-corrected chi connectivity index (χ1v) is 11.1. The molecule has 0 radical (unpaired) electrons. The number of anilines is 1. The van der Waals surface area contributed by atoms with E-state index in [0.29, 0.717) is 41.3 Å². The zero-order valence-electron chi connectivity index (χ0n) is 16.9. The lowest BCUT2D eigenvalue weighted by Gasteiger charge is -2.37. The van der Waals surface area contributed by atoms with Crippen molar-refractivity contribution in [1.82, 2.24) is 9.88 Å². The summed E-state index contributed by atoms with van der Waals surface area (Å²) in [5.74, 6) is 0.344. The van der Waals surface area contributed by atoms with Gasteiger partial charge in [0, 0.05) is 36.3 Å². The van der Waals surface area contributed by atoms with Gasteiger partial charge in [-0.3, -0.25) is 14.6 Å². The van der Waals surface area contributed by atoms with Crippen molar-refractivity contribution in [3.8, 4) is 0 Å². The summed E-state index contributed by atoms with van der Waals surface area (Å²) in [4.78, 5) is 33.3. The largest absolute Gasteiger partial charge is 0.393 e. The Hall–Kier alpha value is -2.25. The third kappa shape index (κ3) is 4.07. The standard InChI is InChI=1S/C22H27N3O3S/c1-13-7-9-25(14(2)10-13)22(28)19-17-6-5-16(26)11-18(17)29-21(19)24-20(27)15-4-3-8-23-12-15/h3-4,8,12-14,16,26H,5-7,9-11H2,1-2H3,(H,24,27)/t13-,14-,16?/m0/s1. The summed E-state index contributed by atoms with van der Waals surface area (Å²) in [5.41, 5.74) is 2.07. The maximum Gasteiger partial charge on any atom is 0.257 e. The highest BCUT2D eigenvalue weighted by Crippen LogP contribution is 2.40. The van der Waals surface area contributed by atoms with Gasteiger partial charge in [0.15, 0.2) is 0 Å². The van der Waals surface area contributed by atoms with Crippen molar-refractivity contribution in [2.24, 2.45) is 5.92 Å². The van der Waals surface area contributed by atoms with Crippen LogP contribution in [-0.2, 0) is 12.8 Å². The van der Waals surface area contributed by atoms with Crippen LogP contribution in [0.2, 0.25) is 0 Å². The molecule has 1 aliphatic carbocycles. The molecule has 1 aliphatic heterocycles. The lowest BCUT2D eigenvalue weighted by molar-refractivity contribution is 0.0588. The number of nitrogens with zero attached hydrogens (tertiary/aromatic N) is 2. The Morgan fingerprint density at radius 2 is 2.14 bits per heavy atom. The SMILES string of the molecule is C[C@H]1CCN(C(=O)c2c(NC(=O)c3cccnc3)sc3c2CCC(O)C3)[C@@H](C)C1. The molecule has 3 heterocycles. The molecule has 2 aliphatic rings. The van der Waals surface area contributed by atoms with Gasteiger partial charge in [0.25, 0.3) is 11.8 Å². The van der Waals surface area contributed by atoms with Gasteiger partial charge in [-0.25, -0.2) is 0 Å². The lowest BCUT2D eigenvalue weighted by atomic mass is 9.90. The van der Waals surface area contributed by atoms with Crippen LogP contribution in [0.1, 0.15) is 64.3 Å². The lowest BCUT2D eigenvalue weighted by Crippen LogP contribution is -2.44. The Bertz CT molecular complexity index is 912. The predicted molar refractivity (Wildman–Crippen MR) is 113 cm³/mol. The monoisotopic (exact) mass is 413 g/mol. The average Bonchev–Trinajstić information content (AvgIpc) is 3.05. The van der Waals surface area contributed by atoms with Crippen molar-refractivity contribution < 1.29 is 14.7 Å². The van der Waals surface area contributed by atoms with Crippen LogP contribution in [0.5, 0.6) is 0 Å². The second-order valence-electron chi connectivity index (χ2n) is 8.28. The third-order valence-electron chi connectivity index (χ3n) is 6.00. The quantitative estimate of drug-likeness (QED) is 0.807. The molecule has 4 rings (SSSR count). The number of amides is 2. The van der Waals surface area contributed by atoms with E-state index in [2.05, 4.69) is 24.1 Å². The van der Waals surface area contributed by atoms with E-state index in [1.54, 1.807) is 18.3 Å². The summed E-state index contributed by atoms with van der Waals surface area (Å²) in [5, 5.41) is 13.6. The van der Waals surface area contributed by atoms with Gasteiger partial charge in [-0.05, 0) is 56.2 Å². The van der Waals surface area contributed by atoms with E-state index in [0.717, 1.165) is 29.8 Å². The zero-order valence-corrected chi connectivity index (χ0v) is 17.7. The van der Waals surface area contributed by atoms with Gasteiger partial charge >= 0.3 is 0 Å². The molecule has 0 saturated carbocycles. The fraction of sp³-hybridized carbons (Fsp3) is 0.500. The molecule has 1 saturated heterocycles. The predicted octanol–water partition coefficient (Wildman–Crippen LogP) is 3.51. The summed E-state index contributed by atoms with van der Waals surface area (Å²) < 4.78 is 0. The molecule has 29 heavy (non-hydrogen) atoms. The van der Waals surface area contributed by atoms with Crippen molar-refractivity contribution in [2.45, 2.75) is 58.1 Å². The maximum absolute atomic E-state index is 13.6. The van der Waals surface area contributed by atoms with Gasteiger partial charge in [0.05, 0.1) is 17.2 Å². The minimum atomic E-state index is -0.388. The first-order valence-electron chi connectivity index (χ1n) is 10.3. The molecule has 2 amide bonds. The molecule has 6 nitrogen and oxygen atoms in total. The summed E-state index contributed by atoms with van der Waals surface area (Å²) in [6, 6.07) is 3.60. The number of fused-ring (bicyclic) bond motifs is 1. The van der Waals surface area contributed by atoms with Gasteiger partial charge in [-0.2, -0.15) is 0 Å². The number of likely N-dealkylation sites (tertiary alicyclic amines) is 1. The van der Waals surface area contributed by atoms with Crippen LogP contribution in [0, 0.1) is 5.92 Å². The number of nitrogens with one attached hydrogen (secondary N) is 1. The topological polar surface area (TPSA) is 82.5 Å². The van der Waals surface area contributed by atoms with Crippen LogP contribution >= 0.6 is 11.3 Å². The number of thiophene rings is 1. The molecule has 154 valence electrons. The highest BCUT2D eigenvalue weighted by molar-refractivity contribution is 7.17. The van der Waals surface area contributed by atoms with Crippen molar-refractivity contribution in [1.29, 1.82) is 0 Å². The number of hydrogen-bond donors (Lipinski definition) is 2. The molecule has 2 aromatic rings. The van der Waals surface area contributed by atoms with Crippen molar-refractivity contribution >= 4 is 28.2 Å². The highest BCUT2D eigenvalue weighted by atomic mass is 32.1. The number of aliphatic hydroxyl groups is 1. The van der Waals surface area contributed by atoms with E-state index in [9.17, 15) is 14.7 Å². The maximum atomic E-state index is 13.6. The van der Waals surface area contributed by atoms with Gasteiger partial charge in [-0.1, -0.05) is 6.92 Å². The number of hydrogen-bond acceptors (Lipinski definition) is 5. The summed E-state index contributed by atoms with van der Waals surface area (Å²) in [6.07, 6.45) is 6.59. The van der Waals surface area contributed by atoms with E-state index in [4.69, 9.17) is 0 Å². The number of rotatable bonds is 3. The number of pyridine rings is 1. The second-order valence-corrected chi connectivity index (χ2v) is 9.38. The number of carbonyl (C=O) groups excluding carboxylic acids is 2. The Balaban J connectivity index is 1.68. The smallest absolute Gasteiger partial charge is 0.257 e. The average molecular weight is 414 g/mol. The third-order valence-corrected chi connectivity index (χ3v) is 7.17. The number of aliphatic hydroxyl groups excluding tert-OH is 1. The van der Waals surface area contributed by atoms with Crippen molar-refractivity contribution in [3.63, 3.8) is 0 Å². The molecule has 1 fully saturated rings. The number of aromatic nitrogens is 1. The molecule has 0 aromatic carbocycles. The first kappa shape index (κ1) is 20.0. The minimum Gasteiger partial charge on any atom is -0.393 e. The highest BCUT2D eigenvalue weighted by Gasteiger charge is 2.34. The second kappa shape index (κ2) is 8.24. The van der Waals surface area contributed by atoms with Gasteiger partial charge in [0.1, 0.15) is 5.00 Å². The molecule has 1 unspecified atom stereocenters. The molecule has 7 heteroatoms. The summed E-state index contributed by atoms with van der Waals surface area (Å²) in [6.45, 7) is 5.07. The van der Waals surface area contributed by atoms with Crippen LogP contribution in [0.15, 0.2) is 24.5 Å². The van der Waals surface area contributed by atoms with E-state index in [1.165, 1.54) is 17.5 Å². The van der Waals surface area contributed by atoms with E-state index in [-0.39, 0.29) is 24.0 Å². The van der Waals surface area contributed by atoms with Crippen LogP contribution in [-0.4, -0.2) is 45.5 Å². The fourth-order valence-electron chi connectivity index (χ4n) is 4.41. The molecule has 2 N–H and O–H groups in total. The summed E-state index contributed by atoms with van der Waals surface area (Å²) in [7, 11) is 0. The normalized spacial score (nSPS) is 24.1. The van der Waals surface area contributed by atoms with E-state index in [1.807, 2.05) is 4.90 Å². The van der Waals surface area contributed by atoms with Crippen LogP contribution < -0.4 is 5.32 Å². The minimum absolute atomic E-state index is 0.000207. The van der Waals surface area contributed by atoms with E-state index < -0.39 is 0 Å². The fourth-order valence-corrected chi connectivity index (χ4v) is 5.71. The molecule has 3 atom stereocenters.